The maximum absolute atomic E-state index is 12.7. The Balaban J connectivity index is 2.34. The Bertz CT molecular complexity index is 881. The molecule has 53 heavy (non-hydrogen) atoms. The highest BCUT2D eigenvalue weighted by molar-refractivity contribution is 5.70. The molecule has 1 aliphatic rings. The van der Waals surface area contributed by atoms with Crippen molar-refractivity contribution >= 4 is 11.9 Å². The second kappa shape index (κ2) is 34.9. The summed E-state index contributed by atoms with van der Waals surface area (Å²) in [4.78, 5) is 25.3. The van der Waals surface area contributed by atoms with Crippen molar-refractivity contribution in [2.24, 2.45) is 0 Å². The van der Waals surface area contributed by atoms with Gasteiger partial charge in [-0.05, 0) is 38.5 Å². The lowest BCUT2D eigenvalue weighted by molar-refractivity contribution is -0.305. The molecular formula is C43H80O10. The summed E-state index contributed by atoms with van der Waals surface area (Å²) in [5.41, 5.74) is 0. The van der Waals surface area contributed by atoms with E-state index in [2.05, 4.69) is 26.0 Å². The molecule has 0 aromatic rings. The van der Waals surface area contributed by atoms with E-state index in [-0.39, 0.29) is 32.0 Å². The monoisotopic (exact) mass is 757 g/mol. The minimum atomic E-state index is -1.59. The van der Waals surface area contributed by atoms with Crippen LogP contribution in [0.5, 0.6) is 0 Å². The van der Waals surface area contributed by atoms with Crippen molar-refractivity contribution in [2.75, 3.05) is 19.8 Å². The zero-order valence-corrected chi connectivity index (χ0v) is 33.8. The number of carbonyl (C=O) groups is 2. The van der Waals surface area contributed by atoms with Crippen LogP contribution in [0.1, 0.15) is 194 Å². The molecule has 0 amide bonds. The van der Waals surface area contributed by atoms with E-state index in [1.807, 2.05) is 0 Å². The van der Waals surface area contributed by atoms with Gasteiger partial charge in [-0.1, -0.05) is 154 Å². The number of allylic oxidation sites excluding steroid dienone is 2. The molecule has 1 saturated heterocycles. The topological polar surface area (TPSA) is 152 Å². The number of hydrogen-bond donors (Lipinski definition) is 4. The number of unbranched alkanes of at least 4 members (excludes halogenated alkanes) is 23. The molecule has 1 heterocycles. The van der Waals surface area contributed by atoms with E-state index < -0.39 is 49.4 Å². The minimum Gasteiger partial charge on any atom is -0.462 e. The summed E-state index contributed by atoms with van der Waals surface area (Å²) in [5, 5.41) is 40.0. The number of aliphatic hydroxyl groups is 4. The first-order valence-electron chi connectivity index (χ1n) is 21.8. The van der Waals surface area contributed by atoms with E-state index in [9.17, 15) is 30.0 Å². The van der Waals surface area contributed by atoms with E-state index in [1.54, 1.807) is 0 Å². The molecule has 10 nitrogen and oxygen atoms in total. The van der Waals surface area contributed by atoms with Crippen LogP contribution in [0, 0.1) is 0 Å². The van der Waals surface area contributed by atoms with Crippen molar-refractivity contribution < 1.29 is 49.0 Å². The Kier molecular flexibility index (Phi) is 32.6. The lowest BCUT2D eigenvalue weighted by atomic mass is 9.99. The molecule has 312 valence electrons. The van der Waals surface area contributed by atoms with Crippen molar-refractivity contribution in [3.8, 4) is 0 Å². The number of hydrogen-bond acceptors (Lipinski definition) is 10. The lowest BCUT2D eigenvalue weighted by Gasteiger charge is -2.39. The first kappa shape index (κ1) is 49.5. The van der Waals surface area contributed by atoms with Gasteiger partial charge < -0.3 is 39.4 Å². The van der Waals surface area contributed by atoms with Gasteiger partial charge >= 0.3 is 11.9 Å². The molecule has 0 bridgehead atoms. The van der Waals surface area contributed by atoms with Gasteiger partial charge in [0.15, 0.2) is 12.4 Å². The van der Waals surface area contributed by atoms with Gasteiger partial charge in [-0.2, -0.15) is 0 Å². The van der Waals surface area contributed by atoms with Gasteiger partial charge in [-0.25, -0.2) is 0 Å². The zero-order valence-electron chi connectivity index (χ0n) is 33.8. The van der Waals surface area contributed by atoms with Crippen molar-refractivity contribution in [1.82, 2.24) is 0 Å². The van der Waals surface area contributed by atoms with Crippen LogP contribution in [0.4, 0.5) is 0 Å². The van der Waals surface area contributed by atoms with Gasteiger partial charge in [-0.3, -0.25) is 9.59 Å². The maximum atomic E-state index is 12.7. The summed E-state index contributed by atoms with van der Waals surface area (Å²) < 4.78 is 22.1. The van der Waals surface area contributed by atoms with Crippen molar-refractivity contribution in [3.05, 3.63) is 12.2 Å². The van der Waals surface area contributed by atoms with Crippen molar-refractivity contribution in [3.63, 3.8) is 0 Å². The molecule has 0 radical (unpaired) electrons. The van der Waals surface area contributed by atoms with Crippen LogP contribution >= 0.6 is 0 Å². The highest BCUT2D eigenvalue weighted by Crippen LogP contribution is 2.23. The number of rotatable bonds is 36. The van der Waals surface area contributed by atoms with E-state index in [0.717, 1.165) is 57.8 Å². The summed E-state index contributed by atoms with van der Waals surface area (Å²) in [6.07, 6.45) is 27.9. The largest absolute Gasteiger partial charge is 0.462 e. The SMILES string of the molecule is CCCCCCCC/C=C/CCCCCCCC(=O)OC[C@H](CO[C@@H]1O[C@H](CO)[C@@H](O)[C@H](O)[C@H]1O)OC(=O)CCCCCCCCCCCCCCC. The van der Waals surface area contributed by atoms with Crippen molar-refractivity contribution in [1.29, 1.82) is 0 Å². The Hall–Kier alpha value is -1.56. The number of carbonyl (C=O) groups excluding carboxylic acids is 2. The zero-order chi connectivity index (χ0) is 38.8. The normalized spacial score (nSPS) is 20.9. The highest BCUT2D eigenvalue weighted by Gasteiger charge is 2.44. The fraction of sp³-hybridized carbons (Fsp3) is 0.907. The third-order valence-electron chi connectivity index (χ3n) is 10.2. The molecule has 1 fully saturated rings. The molecule has 10 heteroatoms. The summed E-state index contributed by atoms with van der Waals surface area (Å²) in [5.74, 6) is -0.809. The molecule has 0 aliphatic carbocycles. The molecule has 0 saturated carbocycles. The smallest absolute Gasteiger partial charge is 0.306 e. The summed E-state index contributed by atoms with van der Waals surface area (Å²) >= 11 is 0. The average molecular weight is 757 g/mol. The van der Waals surface area contributed by atoms with Crippen LogP contribution in [0.25, 0.3) is 0 Å². The van der Waals surface area contributed by atoms with Crippen LogP contribution in [0.15, 0.2) is 12.2 Å². The van der Waals surface area contributed by atoms with Gasteiger partial charge in [0.25, 0.3) is 0 Å². The second-order valence-corrected chi connectivity index (χ2v) is 15.2. The van der Waals surface area contributed by atoms with Crippen LogP contribution in [0.3, 0.4) is 0 Å². The van der Waals surface area contributed by atoms with Crippen molar-refractivity contribution in [2.45, 2.75) is 230 Å². The van der Waals surface area contributed by atoms with E-state index in [0.29, 0.717) is 6.42 Å². The van der Waals surface area contributed by atoms with Crippen LogP contribution < -0.4 is 0 Å². The number of aliphatic hydroxyl groups excluding tert-OH is 4. The van der Waals surface area contributed by atoms with Gasteiger partial charge in [0, 0.05) is 12.8 Å². The van der Waals surface area contributed by atoms with Gasteiger partial charge in [0.1, 0.15) is 31.0 Å². The Morgan fingerprint density at radius 2 is 1.00 bits per heavy atom. The first-order valence-corrected chi connectivity index (χ1v) is 21.8. The minimum absolute atomic E-state index is 0.217. The van der Waals surface area contributed by atoms with E-state index in [4.69, 9.17) is 18.9 Å². The number of esters is 2. The standard InChI is InChI=1S/C43H80O10/c1-3-5-7-9-11-13-15-17-18-20-21-23-25-27-29-31-38(45)50-34-36(35-51-43-42(49)41(48)40(47)37(33-44)53-43)52-39(46)32-30-28-26-24-22-19-16-14-12-10-8-6-4-2/h17-18,36-37,40-44,47-49H,3-16,19-35H2,1-2H3/b18-17+/t36-,37-,40-,41+,42-,43-/m1/s1. The predicted octanol–water partition coefficient (Wildman–Crippen LogP) is 8.78. The third-order valence-corrected chi connectivity index (χ3v) is 10.2. The highest BCUT2D eigenvalue weighted by atomic mass is 16.7. The predicted molar refractivity (Wildman–Crippen MR) is 210 cm³/mol. The molecule has 0 spiro atoms. The van der Waals surface area contributed by atoms with E-state index in [1.165, 1.54) is 103 Å². The molecule has 1 rings (SSSR count). The Labute approximate surface area is 322 Å². The Morgan fingerprint density at radius 1 is 0.566 bits per heavy atom. The molecule has 6 atom stereocenters. The van der Waals surface area contributed by atoms with Gasteiger partial charge in [0.2, 0.25) is 0 Å². The molecule has 0 aromatic heterocycles. The van der Waals surface area contributed by atoms with Gasteiger partial charge in [-0.15, -0.1) is 0 Å². The van der Waals surface area contributed by atoms with Crippen LogP contribution in [-0.2, 0) is 28.5 Å². The van der Waals surface area contributed by atoms with Crippen LogP contribution in [-0.4, -0.2) is 89.0 Å². The fourth-order valence-electron chi connectivity index (χ4n) is 6.65. The molecule has 0 aromatic carbocycles. The second-order valence-electron chi connectivity index (χ2n) is 15.2. The summed E-state index contributed by atoms with van der Waals surface area (Å²) in [6.45, 7) is 3.41. The maximum Gasteiger partial charge on any atom is 0.306 e. The fourth-order valence-corrected chi connectivity index (χ4v) is 6.65. The van der Waals surface area contributed by atoms with E-state index >= 15 is 0 Å². The van der Waals surface area contributed by atoms with Crippen LogP contribution in [0.2, 0.25) is 0 Å². The molecule has 4 N–H and O–H groups in total. The summed E-state index contributed by atoms with van der Waals surface area (Å²) in [6, 6.07) is 0. The third kappa shape index (κ3) is 26.8. The quantitative estimate of drug-likeness (QED) is 0.0277. The Morgan fingerprint density at radius 3 is 1.47 bits per heavy atom. The summed E-state index contributed by atoms with van der Waals surface area (Å²) in [7, 11) is 0. The molecule has 1 aliphatic heterocycles. The average Bonchev–Trinajstić information content (AvgIpc) is 3.15. The molecule has 0 unspecified atom stereocenters. The molecular weight excluding hydrogens is 676 g/mol. The number of ether oxygens (including phenoxy) is 4. The van der Waals surface area contributed by atoms with Gasteiger partial charge in [0.05, 0.1) is 13.2 Å². The first-order chi connectivity index (χ1) is 25.8. The lowest BCUT2D eigenvalue weighted by Crippen LogP contribution is -2.59.